The van der Waals surface area contributed by atoms with Crippen molar-refractivity contribution in [3.8, 4) is 0 Å². The zero-order valence-electron chi connectivity index (χ0n) is 5.55. The van der Waals surface area contributed by atoms with Gasteiger partial charge in [0.2, 0.25) is 0 Å². The third kappa shape index (κ3) is 3.62. The number of halogens is 2. The molecule has 0 unspecified atom stereocenters. The number of hydrogen-bond acceptors (Lipinski definition) is 2. The van der Waals surface area contributed by atoms with Crippen molar-refractivity contribution in [1.29, 1.82) is 0 Å². The van der Waals surface area contributed by atoms with Gasteiger partial charge in [0.15, 0.2) is 0 Å². The fourth-order valence-corrected chi connectivity index (χ4v) is 0.563. The van der Waals surface area contributed by atoms with Crippen LogP contribution in [0.5, 0.6) is 0 Å². The van der Waals surface area contributed by atoms with Crippen molar-refractivity contribution >= 4 is 17.6 Å². The zero-order valence-corrected chi connectivity index (χ0v) is 6.31. The highest BCUT2D eigenvalue weighted by Gasteiger charge is 2.05. The molecule has 62 valence electrons. The van der Waals surface area contributed by atoms with Crippen LogP contribution in [0.3, 0.4) is 0 Å². The molecule has 0 spiro atoms. The predicted molar refractivity (Wildman–Crippen MR) is 39.8 cm³/mol. The first-order chi connectivity index (χ1) is 5.11. The largest absolute Gasteiger partial charge is 0.478 e. The molecule has 0 aliphatic rings. The maximum Gasteiger partial charge on any atom is 0.332 e. The summed E-state index contributed by atoms with van der Waals surface area (Å²) in [7, 11) is 0. The van der Waals surface area contributed by atoms with E-state index in [2.05, 4.69) is 0 Å². The number of alkyl halides is 1. The average molecular weight is 180 g/mol. The lowest BCUT2D eigenvalue weighted by Crippen LogP contribution is -2.01. The van der Waals surface area contributed by atoms with Crippen LogP contribution in [-0.4, -0.2) is 17.0 Å². The Morgan fingerprint density at radius 1 is 1.73 bits per heavy atom. The molecule has 0 heterocycles. The Hall–Kier alpha value is -1.03. The number of carboxylic acids is 1. The minimum absolute atomic E-state index is 0.231. The van der Waals surface area contributed by atoms with Gasteiger partial charge in [0, 0.05) is 6.20 Å². The lowest BCUT2D eigenvalue weighted by Gasteiger charge is -1.93. The van der Waals surface area contributed by atoms with Crippen LogP contribution in [0.1, 0.15) is 0 Å². The average Bonchev–Trinajstić information content (AvgIpc) is 1.99. The summed E-state index contributed by atoms with van der Waals surface area (Å²) in [6, 6.07) is 0. The fourth-order valence-electron chi connectivity index (χ4n) is 0.372. The van der Waals surface area contributed by atoms with E-state index >= 15 is 0 Å². The van der Waals surface area contributed by atoms with Crippen molar-refractivity contribution < 1.29 is 14.3 Å². The van der Waals surface area contributed by atoms with Crippen molar-refractivity contribution in [2.45, 2.75) is 0 Å². The molecule has 0 aromatic rings. The highest BCUT2D eigenvalue weighted by atomic mass is 35.5. The van der Waals surface area contributed by atoms with Crippen LogP contribution in [0.2, 0.25) is 0 Å². The van der Waals surface area contributed by atoms with Crippen molar-refractivity contribution in [3.63, 3.8) is 0 Å². The Morgan fingerprint density at radius 2 is 2.27 bits per heavy atom. The summed E-state index contributed by atoms with van der Waals surface area (Å²) < 4.78 is 12.3. The zero-order chi connectivity index (χ0) is 8.85. The molecular formula is C6H7ClFNO2. The van der Waals surface area contributed by atoms with Gasteiger partial charge in [0.25, 0.3) is 0 Å². The Morgan fingerprint density at radius 3 is 2.55 bits per heavy atom. The van der Waals surface area contributed by atoms with Crippen LogP contribution in [0.15, 0.2) is 23.7 Å². The molecule has 3 N–H and O–H groups in total. The summed E-state index contributed by atoms with van der Waals surface area (Å²) in [6.45, 7) is 0. The number of rotatable bonds is 3. The van der Waals surface area contributed by atoms with Crippen molar-refractivity contribution in [1.82, 2.24) is 0 Å². The molecule has 0 aliphatic heterocycles. The lowest BCUT2D eigenvalue weighted by atomic mass is 10.3. The monoisotopic (exact) mass is 179 g/mol. The lowest BCUT2D eigenvalue weighted by molar-refractivity contribution is -0.132. The molecule has 0 rings (SSSR count). The van der Waals surface area contributed by atoms with Gasteiger partial charge in [-0.25, -0.2) is 9.18 Å². The van der Waals surface area contributed by atoms with Gasteiger partial charge in [-0.1, -0.05) is 0 Å². The molecule has 5 heteroatoms. The van der Waals surface area contributed by atoms with E-state index in [0.717, 1.165) is 6.08 Å². The van der Waals surface area contributed by atoms with Gasteiger partial charge in [-0.15, -0.1) is 11.6 Å². The van der Waals surface area contributed by atoms with Gasteiger partial charge in [0.1, 0.15) is 5.83 Å². The molecule has 0 aliphatic carbocycles. The number of allylic oxidation sites excluding steroid dienone is 2. The second-order valence-electron chi connectivity index (χ2n) is 1.66. The fraction of sp³-hybridized carbons (Fsp3) is 0.167. The maximum absolute atomic E-state index is 12.3. The van der Waals surface area contributed by atoms with E-state index in [1.807, 2.05) is 0 Å². The molecule has 0 saturated heterocycles. The van der Waals surface area contributed by atoms with Gasteiger partial charge >= 0.3 is 5.97 Å². The summed E-state index contributed by atoms with van der Waals surface area (Å²) in [5, 5.41) is 8.33. The molecule has 0 fully saturated rings. The molecule has 0 saturated carbocycles. The summed E-state index contributed by atoms with van der Waals surface area (Å²) in [5.74, 6) is -2.32. The highest BCUT2D eigenvalue weighted by molar-refractivity contribution is 6.22. The smallest absolute Gasteiger partial charge is 0.332 e. The van der Waals surface area contributed by atoms with Crippen molar-refractivity contribution in [3.05, 3.63) is 23.7 Å². The Kier molecular flexibility index (Phi) is 4.29. The molecule has 3 nitrogen and oxygen atoms in total. The van der Waals surface area contributed by atoms with Crippen molar-refractivity contribution in [2.75, 3.05) is 5.88 Å². The predicted octanol–water partition coefficient (Wildman–Crippen LogP) is 1.01. The molecule has 0 atom stereocenters. The quantitative estimate of drug-likeness (QED) is 0.386. The van der Waals surface area contributed by atoms with E-state index in [1.165, 1.54) is 0 Å². The normalized spacial score (nSPS) is 13.3. The van der Waals surface area contributed by atoms with Crippen LogP contribution >= 0.6 is 11.6 Å². The third-order valence-electron chi connectivity index (χ3n) is 0.890. The number of hydrogen-bond donors (Lipinski definition) is 2. The van der Waals surface area contributed by atoms with E-state index in [-0.39, 0.29) is 11.5 Å². The molecule has 0 amide bonds. The van der Waals surface area contributed by atoms with E-state index in [0.29, 0.717) is 6.20 Å². The number of carboxylic acid groups (broad SMARTS) is 1. The first-order valence-corrected chi connectivity index (χ1v) is 3.22. The second-order valence-corrected chi connectivity index (χ2v) is 1.93. The molecule has 0 aromatic carbocycles. The van der Waals surface area contributed by atoms with Gasteiger partial charge in [0.05, 0.1) is 11.5 Å². The third-order valence-corrected chi connectivity index (χ3v) is 1.18. The molecule has 0 radical (unpaired) electrons. The minimum atomic E-state index is -1.25. The minimum Gasteiger partial charge on any atom is -0.478 e. The summed E-state index contributed by atoms with van der Waals surface area (Å²) >= 11 is 5.18. The number of nitrogens with two attached hydrogens (primary N) is 1. The molecular weight excluding hydrogens is 173 g/mol. The van der Waals surface area contributed by atoms with Gasteiger partial charge in [-0.2, -0.15) is 0 Å². The molecule has 11 heavy (non-hydrogen) atoms. The first kappa shape index (κ1) is 9.97. The Balaban J connectivity index is 4.49. The summed E-state index contributed by atoms with van der Waals surface area (Å²) in [5.41, 5.74) is 4.53. The van der Waals surface area contributed by atoms with E-state index in [4.69, 9.17) is 22.4 Å². The van der Waals surface area contributed by atoms with Gasteiger partial charge < -0.3 is 10.8 Å². The Labute approximate surface area is 67.9 Å². The van der Waals surface area contributed by atoms with Gasteiger partial charge in [-0.3, -0.25) is 0 Å². The van der Waals surface area contributed by atoms with Crippen LogP contribution in [0, 0.1) is 0 Å². The van der Waals surface area contributed by atoms with Crippen LogP contribution in [0.4, 0.5) is 4.39 Å². The SMILES string of the molecule is N/C=C(F)\C=C(/CCl)C(=O)O. The maximum atomic E-state index is 12.3. The standard InChI is InChI=1S/C6H7ClFNO2/c7-2-4(6(10)11)1-5(8)3-9/h1,3H,2,9H2,(H,10,11)/b4-1+,5-3+. The topological polar surface area (TPSA) is 63.3 Å². The number of aliphatic carboxylic acids is 1. The van der Waals surface area contributed by atoms with Crippen LogP contribution in [0.25, 0.3) is 0 Å². The summed E-state index contributed by atoms with van der Waals surface area (Å²) in [6.07, 6.45) is 1.44. The van der Waals surface area contributed by atoms with Crippen LogP contribution in [-0.2, 0) is 4.79 Å². The van der Waals surface area contributed by atoms with E-state index in [1.54, 1.807) is 0 Å². The highest BCUT2D eigenvalue weighted by Crippen LogP contribution is 2.04. The first-order valence-electron chi connectivity index (χ1n) is 2.69. The van der Waals surface area contributed by atoms with Crippen molar-refractivity contribution in [2.24, 2.45) is 5.73 Å². The van der Waals surface area contributed by atoms with E-state index < -0.39 is 11.8 Å². The second kappa shape index (κ2) is 4.73. The summed E-state index contributed by atoms with van der Waals surface area (Å²) in [4.78, 5) is 10.2. The van der Waals surface area contributed by atoms with Crippen LogP contribution < -0.4 is 5.73 Å². The molecule has 0 aromatic heterocycles. The molecule has 0 bridgehead atoms. The number of carbonyl (C=O) groups is 1. The van der Waals surface area contributed by atoms with Gasteiger partial charge in [-0.05, 0) is 6.08 Å². The Bertz CT molecular complexity index is 213. The van der Waals surface area contributed by atoms with E-state index in [9.17, 15) is 9.18 Å².